The van der Waals surface area contributed by atoms with Crippen molar-refractivity contribution in [2.45, 2.75) is 6.92 Å². The second-order valence-corrected chi connectivity index (χ2v) is 7.98. The summed E-state index contributed by atoms with van der Waals surface area (Å²) in [5.41, 5.74) is 2.48. The van der Waals surface area contributed by atoms with Crippen molar-refractivity contribution in [3.8, 4) is 0 Å². The maximum Gasteiger partial charge on any atom is 0.294 e. The second kappa shape index (κ2) is 8.05. The predicted octanol–water partition coefficient (Wildman–Crippen LogP) is 4.27. The van der Waals surface area contributed by atoms with Crippen LogP contribution >= 0.6 is 34.4 Å². The minimum atomic E-state index is -0.446. The van der Waals surface area contributed by atoms with E-state index in [4.69, 9.17) is 0 Å². The summed E-state index contributed by atoms with van der Waals surface area (Å²) in [5, 5.41) is 2.27. The Bertz CT molecular complexity index is 909. The van der Waals surface area contributed by atoms with Crippen LogP contribution in [0.25, 0.3) is 6.08 Å². The summed E-state index contributed by atoms with van der Waals surface area (Å²) in [6.45, 7) is 1.62. The summed E-state index contributed by atoms with van der Waals surface area (Å²) >= 11 is 3.04. The Kier molecular flexibility index (Phi) is 5.77. The van der Waals surface area contributed by atoms with E-state index in [1.54, 1.807) is 12.1 Å². The van der Waals surface area contributed by atoms with Crippen molar-refractivity contribution < 1.29 is 14.4 Å². The number of anilines is 1. The molecule has 5 nitrogen and oxygen atoms in total. The average molecular weight is 478 g/mol. The molecule has 0 unspecified atom stereocenters. The third-order valence-corrected chi connectivity index (χ3v) is 5.27. The SMILES string of the molecule is Cc1cccc(NC(=O)CN2C(=O)S/C(=C\c3ccc(I)cc3)C2=O)c1. The molecule has 1 saturated heterocycles. The second-order valence-electron chi connectivity index (χ2n) is 5.74. The molecule has 1 fully saturated rings. The molecule has 26 heavy (non-hydrogen) atoms. The first-order valence-corrected chi connectivity index (χ1v) is 9.69. The Labute approximate surface area is 169 Å². The molecule has 1 heterocycles. The highest BCUT2D eigenvalue weighted by Gasteiger charge is 2.36. The molecule has 1 N–H and O–H groups in total. The first-order chi connectivity index (χ1) is 12.4. The van der Waals surface area contributed by atoms with Gasteiger partial charge in [-0.15, -0.1) is 0 Å². The summed E-state index contributed by atoms with van der Waals surface area (Å²) in [7, 11) is 0. The van der Waals surface area contributed by atoms with Crippen molar-refractivity contribution in [3.63, 3.8) is 0 Å². The van der Waals surface area contributed by atoms with Crippen molar-refractivity contribution in [2.75, 3.05) is 11.9 Å². The fraction of sp³-hybridized carbons (Fsp3) is 0.105. The number of benzene rings is 2. The van der Waals surface area contributed by atoms with Gasteiger partial charge in [0, 0.05) is 9.26 Å². The Hall–Kier alpha value is -2.13. The summed E-state index contributed by atoms with van der Waals surface area (Å²) in [5.74, 6) is -0.855. The highest BCUT2D eigenvalue weighted by atomic mass is 127. The van der Waals surface area contributed by atoms with Crippen LogP contribution in [-0.2, 0) is 9.59 Å². The number of amides is 3. The van der Waals surface area contributed by atoms with Gasteiger partial charge in [0.1, 0.15) is 6.54 Å². The Morgan fingerprint density at radius 3 is 2.62 bits per heavy atom. The molecule has 1 aliphatic rings. The van der Waals surface area contributed by atoms with Crippen LogP contribution in [-0.4, -0.2) is 28.5 Å². The molecule has 0 bridgehead atoms. The van der Waals surface area contributed by atoms with E-state index in [0.717, 1.165) is 31.4 Å². The quantitative estimate of drug-likeness (QED) is 0.527. The fourth-order valence-corrected chi connectivity index (χ4v) is 3.61. The van der Waals surface area contributed by atoms with Crippen molar-refractivity contribution in [3.05, 3.63) is 68.1 Å². The molecule has 1 aliphatic heterocycles. The van der Waals surface area contributed by atoms with Crippen molar-refractivity contribution >= 4 is 63.2 Å². The summed E-state index contributed by atoms with van der Waals surface area (Å²) < 4.78 is 1.08. The molecule has 3 rings (SSSR count). The smallest absolute Gasteiger partial charge is 0.294 e. The van der Waals surface area contributed by atoms with Gasteiger partial charge in [0.25, 0.3) is 11.1 Å². The molecule has 7 heteroatoms. The van der Waals surface area contributed by atoms with Gasteiger partial charge in [-0.2, -0.15) is 0 Å². The Morgan fingerprint density at radius 2 is 1.92 bits per heavy atom. The molecule has 3 amide bonds. The Morgan fingerprint density at radius 1 is 1.19 bits per heavy atom. The topological polar surface area (TPSA) is 66.5 Å². The lowest BCUT2D eigenvalue weighted by atomic mass is 10.2. The normalized spacial score (nSPS) is 15.6. The number of carbonyl (C=O) groups is 3. The van der Waals surface area contributed by atoms with Crippen LogP contribution in [0.4, 0.5) is 10.5 Å². The van der Waals surface area contributed by atoms with Crippen LogP contribution in [0.15, 0.2) is 53.4 Å². The number of halogens is 1. The standard InChI is InChI=1S/C19H15IN2O3S/c1-12-3-2-4-15(9-12)21-17(23)11-22-18(24)16(26-19(22)25)10-13-5-7-14(20)8-6-13/h2-10H,11H2,1H3,(H,21,23)/b16-10-. The summed E-state index contributed by atoms with van der Waals surface area (Å²) in [6.07, 6.45) is 1.67. The lowest BCUT2D eigenvalue weighted by Crippen LogP contribution is -2.36. The Balaban J connectivity index is 1.69. The molecule has 0 radical (unpaired) electrons. The van der Waals surface area contributed by atoms with Gasteiger partial charge in [0.05, 0.1) is 4.91 Å². The molecule has 0 aromatic heterocycles. The molecule has 0 spiro atoms. The molecular formula is C19H15IN2O3S. The molecule has 2 aromatic carbocycles. The number of thioether (sulfide) groups is 1. The molecule has 0 atom stereocenters. The van der Waals surface area contributed by atoms with Crippen molar-refractivity contribution in [1.82, 2.24) is 4.90 Å². The third kappa shape index (κ3) is 4.53. The van der Waals surface area contributed by atoms with E-state index in [1.165, 1.54) is 0 Å². The number of imide groups is 1. The van der Waals surface area contributed by atoms with Crippen LogP contribution in [0.5, 0.6) is 0 Å². The number of carbonyl (C=O) groups excluding carboxylic acids is 3. The molecule has 0 aliphatic carbocycles. The molecule has 2 aromatic rings. The van der Waals surface area contributed by atoms with Crippen molar-refractivity contribution in [1.29, 1.82) is 0 Å². The maximum atomic E-state index is 12.5. The highest BCUT2D eigenvalue weighted by Crippen LogP contribution is 2.32. The molecule has 132 valence electrons. The van der Waals surface area contributed by atoms with Crippen LogP contribution in [0.2, 0.25) is 0 Å². The van der Waals surface area contributed by atoms with E-state index in [0.29, 0.717) is 10.6 Å². The van der Waals surface area contributed by atoms with Gasteiger partial charge in [0.15, 0.2) is 0 Å². The zero-order chi connectivity index (χ0) is 18.7. The van der Waals surface area contributed by atoms with Crippen LogP contribution in [0, 0.1) is 10.5 Å². The number of rotatable bonds is 4. The van der Waals surface area contributed by atoms with E-state index < -0.39 is 17.1 Å². The van der Waals surface area contributed by atoms with Gasteiger partial charge in [-0.1, -0.05) is 24.3 Å². The highest BCUT2D eigenvalue weighted by molar-refractivity contribution is 14.1. The minimum absolute atomic E-state index is 0.303. The third-order valence-electron chi connectivity index (χ3n) is 3.64. The van der Waals surface area contributed by atoms with E-state index in [2.05, 4.69) is 27.9 Å². The zero-order valence-corrected chi connectivity index (χ0v) is 16.8. The summed E-state index contributed by atoms with van der Waals surface area (Å²) in [6, 6.07) is 14.9. The van der Waals surface area contributed by atoms with Crippen LogP contribution in [0.1, 0.15) is 11.1 Å². The van der Waals surface area contributed by atoms with E-state index >= 15 is 0 Å². The zero-order valence-electron chi connectivity index (χ0n) is 13.9. The summed E-state index contributed by atoms with van der Waals surface area (Å²) in [4.78, 5) is 38.1. The van der Waals surface area contributed by atoms with Crippen molar-refractivity contribution in [2.24, 2.45) is 0 Å². The average Bonchev–Trinajstić information content (AvgIpc) is 2.84. The molecular weight excluding hydrogens is 463 g/mol. The number of aryl methyl sites for hydroxylation is 1. The van der Waals surface area contributed by atoms with Gasteiger partial charge in [-0.25, -0.2) is 0 Å². The first-order valence-electron chi connectivity index (χ1n) is 7.80. The number of nitrogens with zero attached hydrogens (tertiary/aromatic N) is 1. The minimum Gasteiger partial charge on any atom is -0.325 e. The van der Waals surface area contributed by atoms with Crippen LogP contribution < -0.4 is 5.32 Å². The number of nitrogens with one attached hydrogen (secondary N) is 1. The van der Waals surface area contributed by atoms with E-state index in [1.807, 2.05) is 49.4 Å². The number of hydrogen-bond donors (Lipinski definition) is 1. The fourth-order valence-electron chi connectivity index (χ4n) is 2.41. The first kappa shape index (κ1) is 18.7. The monoisotopic (exact) mass is 478 g/mol. The largest absolute Gasteiger partial charge is 0.325 e. The lowest BCUT2D eigenvalue weighted by Gasteiger charge is -2.12. The molecule has 0 saturated carbocycles. The number of hydrogen-bond acceptors (Lipinski definition) is 4. The van der Waals surface area contributed by atoms with E-state index in [9.17, 15) is 14.4 Å². The maximum absolute atomic E-state index is 12.5. The van der Waals surface area contributed by atoms with Gasteiger partial charge in [-0.3, -0.25) is 19.3 Å². The van der Waals surface area contributed by atoms with E-state index in [-0.39, 0.29) is 6.54 Å². The van der Waals surface area contributed by atoms with Gasteiger partial charge < -0.3 is 5.32 Å². The lowest BCUT2D eigenvalue weighted by molar-refractivity contribution is -0.127. The van der Waals surface area contributed by atoms with Gasteiger partial charge in [0.2, 0.25) is 5.91 Å². The van der Waals surface area contributed by atoms with Gasteiger partial charge in [-0.05, 0) is 82.7 Å². The van der Waals surface area contributed by atoms with Crippen LogP contribution in [0.3, 0.4) is 0 Å². The van der Waals surface area contributed by atoms with Gasteiger partial charge >= 0.3 is 0 Å². The predicted molar refractivity (Wildman–Crippen MR) is 112 cm³/mol.